The van der Waals surface area contributed by atoms with E-state index in [0.29, 0.717) is 6.42 Å². The molecule has 0 saturated carbocycles. The summed E-state index contributed by atoms with van der Waals surface area (Å²) in [5, 5.41) is 0. The Bertz CT molecular complexity index is 906. The molecule has 0 aromatic heterocycles. The molecule has 12 nitrogen and oxygen atoms in total. The van der Waals surface area contributed by atoms with Gasteiger partial charge in [0.05, 0.1) is 40.0 Å². The predicted molar refractivity (Wildman–Crippen MR) is 134 cm³/mol. The molecule has 2 heterocycles. The maximum absolute atomic E-state index is 13.4. The first kappa shape index (κ1) is 30.0. The fourth-order valence-corrected chi connectivity index (χ4v) is 4.43. The van der Waals surface area contributed by atoms with Crippen LogP contribution < -0.4 is 0 Å². The van der Waals surface area contributed by atoms with Crippen molar-refractivity contribution in [2.45, 2.75) is 67.7 Å². The van der Waals surface area contributed by atoms with Crippen molar-refractivity contribution in [2.24, 2.45) is 17.8 Å². The zero-order valence-corrected chi connectivity index (χ0v) is 23.2. The Balaban J connectivity index is 2.08. The van der Waals surface area contributed by atoms with Gasteiger partial charge in [0.15, 0.2) is 0 Å². The second-order valence-electron chi connectivity index (χ2n) is 10.5. The van der Waals surface area contributed by atoms with Crippen LogP contribution in [0.4, 0.5) is 0 Å². The van der Waals surface area contributed by atoms with Crippen molar-refractivity contribution in [3.63, 3.8) is 0 Å². The second-order valence-corrected chi connectivity index (χ2v) is 10.5. The van der Waals surface area contributed by atoms with Crippen LogP contribution in [0, 0.1) is 17.8 Å². The van der Waals surface area contributed by atoms with Crippen LogP contribution >= 0.6 is 0 Å². The van der Waals surface area contributed by atoms with Crippen molar-refractivity contribution in [3.8, 4) is 0 Å². The molecule has 0 bridgehead atoms. The van der Waals surface area contributed by atoms with Gasteiger partial charge in [0, 0.05) is 38.0 Å². The fraction of sp³-hybridized carbons (Fsp3) is 0.760. The van der Waals surface area contributed by atoms with Gasteiger partial charge in [-0.2, -0.15) is 0 Å². The molecule has 2 rings (SSSR count). The van der Waals surface area contributed by atoms with E-state index in [1.165, 1.54) is 43.2 Å². The molecule has 0 spiro atoms. The van der Waals surface area contributed by atoms with Gasteiger partial charge >= 0.3 is 0 Å². The standard InChI is InChI=1S/C25H42N6O6/c1-8-21(25(37)31-14-27(20(7)33)13-30(16-31)24(36)18(4)5)9-10-22(34)28-11-26(19(6)32)12-29(15-28)23(35)17(2)3/h17-18,21H,8-16H2,1-7H3. The molecule has 0 aromatic rings. The number of hydrogen-bond donors (Lipinski definition) is 0. The van der Waals surface area contributed by atoms with Crippen LogP contribution in [0.3, 0.4) is 0 Å². The summed E-state index contributed by atoms with van der Waals surface area (Å²) in [5.41, 5.74) is 0. The van der Waals surface area contributed by atoms with E-state index >= 15 is 0 Å². The third-order valence-corrected chi connectivity index (χ3v) is 6.76. The number of amides is 6. The quantitative estimate of drug-likeness (QED) is 0.490. The van der Waals surface area contributed by atoms with Crippen LogP contribution in [0.15, 0.2) is 0 Å². The van der Waals surface area contributed by atoms with E-state index in [1.54, 1.807) is 27.7 Å². The number of rotatable bonds is 7. The molecular weight excluding hydrogens is 480 g/mol. The second kappa shape index (κ2) is 12.9. The van der Waals surface area contributed by atoms with E-state index in [9.17, 15) is 28.8 Å². The number of carbonyl (C=O) groups excluding carboxylic acids is 6. The molecular formula is C25H42N6O6. The summed E-state index contributed by atoms with van der Waals surface area (Å²) in [6.07, 6.45) is 0.828. The molecule has 0 radical (unpaired) electrons. The highest BCUT2D eigenvalue weighted by Gasteiger charge is 2.35. The molecule has 1 atom stereocenters. The zero-order valence-electron chi connectivity index (χ0n) is 23.2. The minimum atomic E-state index is -0.478. The molecule has 2 fully saturated rings. The van der Waals surface area contributed by atoms with Crippen molar-refractivity contribution in [3.05, 3.63) is 0 Å². The summed E-state index contributed by atoms with van der Waals surface area (Å²) >= 11 is 0. The third kappa shape index (κ3) is 7.65. The van der Waals surface area contributed by atoms with Gasteiger partial charge in [-0.3, -0.25) is 28.8 Å². The van der Waals surface area contributed by atoms with E-state index in [-0.39, 0.29) is 100 Å². The average molecular weight is 523 g/mol. The van der Waals surface area contributed by atoms with Crippen molar-refractivity contribution >= 4 is 35.4 Å². The zero-order chi connectivity index (χ0) is 28.0. The highest BCUT2D eigenvalue weighted by atomic mass is 16.2. The molecule has 2 aliphatic rings. The molecule has 37 heavy (non-hydrogen) atoms. The fourth-order valence-electron chi connectivity index (χ4n) is 4.43. The average Bonchev–Trinajstić information content (AvgIpc) is 2.86. The summed E-state index contributed by atoms with van der Waals surface area (Å²) in [6, 6.07) is 0. The van der Waals surface area contributed by atoms with Crippen LogP contribution in [0.25, 0.3) is 0 Å². The van der Waals surface area contributed by atoms with E-state index in [4.69, 9.17) is 0 Å². The first-order chi connectivity index (χ1) is 17.3. The minimum absolute atomic E-state index is 0.0681. The van der Waals surface area contributed by atoms with Crippen molar-refractivity contribution in [2.75, 3.05) is 40.0 Å². The largest absolute Gasteiger partial charge is 0.307 e. The normalized spacial score (nSPS) is 17.4. The van der Waals surface area contributed by atoms with Gasteiger partial charge in [-0.25, -0.2) is 0 Å². The van der Waals surface area contributed by atoms with Crippen LogP contribution in [0.5, 0.6) is 0 Å². The summed E-state index contributed by atoms with van der Waals surface area (Å²) in [4.78, 5) is 84.6. The molecule has 6 amide bonds. The summed E-state index contributed by atoms with van der Waals surface area (Å²) in [5.74, 6) is -2.25. The molecule has 1 unspecified atom stereocenters. The first-order valence-electron chi connectivity index (χ1n) is 12.9. The Morgan fingerprint density at radius 2 is 0.919 bits per heavy atom. The van der Waals surface area contributed by atoms with Crippen LogP contribution in [0.2, 0.25) is 0 Å². The summed E-state index contributed by atoms with van der Waals surface area (Å²) < 4.78 is 0. The van der Waals surface area contributed by atoms with Crippen molar-refractivity contribution in [1.29, 1.82) is 0 Å². The Labute approximate surface area is 219 Å². The van der Waals surface area contributed by atoms with Gasteiger partial charge in [-0.1, -0.05) is 34.6 Å². The predicted octanol–water partition coefficient (Wildman–Crippen LogP) is 0.888. The Morgan fingerprint density at radius 3 is 1.30 bits per heavy atom. The van der Waals surface area contributed by atoms with E-state index in [0.717, 1.165) is 0 Å². The van der Waals surface area contributed by atoms with E-state index in [2.05, 4.69) is 0 Å². The molecule has 2 saturated heterocycles. The first-order valence-corrected chi connectivity index (χ1v) is 12.9. The van der Waals surface area contributed by atoms with Crippen LogP contribution in [-0.2, 0) is 28.8 Å². The number of carbonyl (C=O) groups is 6. The lowest BCUT2D eigenvalue weighted by molar-refractivity contribution is -0.161. The maximum Gasteiger partial charge on any atom is 0.228 e. The van der Waals surface area contributed by atoms with Gasteiger partial charge < -0.3 is 29.4 Å². The minimum Gasteiger partial charge on any atom is -0.307 e. The molecule has 0 N–H and O–H groups in total. The van der Waals surface area contributed by atoms with Crippen LogP contribution in [0.1, 0.15) is 67.7 Å². The van der Waals surface area contributed by atoms with Gasteiger partial charge in [0.2, 0.25) is 35.4 Å². The van der Waals surface area contributed by atoms with Crippen LogP contribution in [-0.4, -0.2) is 105 Å². The highest BCUT2D eigenvalue weighted by Crippen LogP contribution is 2.21. The molecule has 12 heteroatoms. The van der Waals surface area contributed by atoms with Gasteiger partial charge in [-0.15, -0.1) is 0 Å². The topological polar surface area (TPSA) is 122 Å². The Kier molecular flexibility index (Phi) is 10.4. The molecule has 2 aliphatic heterocycles. The lowest BCUT2D eigenvalue weighted by atomic mass is 9.98. The van der Waals surface area contributed by atoms with Crippen molar-refractivity contribution in [1.82, 2.24) is 29.4 Å². The Morgan fingerprint density at radius 1 is 0.568 bits per heavy atom. The lowest BCUT2D eigenvalue weighted by Gasteiger charge is -2.43. The molecule has 0 aliphatic carbocycles. The maximum atomic E-state index is 13.4. The highest BCUT2D eigenvalue weighted by molar-refractivity contribution is 5.84. The van der Waals surface area contributed by atoms with Gasteiger partial charge in [0.1, 0.15) is 0 Å². The molecule has 208 valence electrons. The Hall–Kier alpha value is -3.18. The summed E-state index contributed by atoms with van der Waals surface area (Å²) in [7, 11) is 0. The number of nitrogens with zero attached hydrogens (tertiary/aromatic N) is 6. The van der Waals surface area contributed by atoms with Gasteiger partial charge in [-0.05, 0) is 12.8 Å². The third-order valence-electron chi connectivity index (χ3n) is 6.76. The van der Waals surface area contributed by atoms with Gasteiger partial charge in [0.25, 0.3) is 0 Å². The summed E-state index contributed by atoms with van der Waals surface area (Å²) in [6.45, 7) is 12.4. The van der Waals surface area contributed by atoms with E-state index in [1.807, 2.05) is 6.92 Å². The monoisotopic (exact) mass is 522 g/mol. The lowest BCUT2D eigenvalue weighted by Crippen LogP contribution is -2.60. The SMILES string of the molecule is CCC(CCC(=O)N1CN(C(C)=O)CN(C(=O)C(C)C)C1)C(=O)N1CN(C(C)=O)CN(C(=O)C(C)C)C1. The smallest absolute Gasteiger partial charge is 0.228 e. The molecule has 0 aromatic carbocycles. The van der Waals surface area contributed by atoms with E-state index < -0.39 is 5.92 Å². The van der Waals surface area contributed by atoms with Crippen molar-refractivity contribution < 1.29 is 28.8 Å². The number of hydrogen-bond acceptors (Lipinski definition) is 6.